The van der Waals surface area contributed by atoms with Gasteiger partial charge in [-0.15, -0.1) is 11.8 Å². The Kier molecular flexibility index (Phi) is 7.60. The average Bonchev–Trinajstić information content (AvgIpc) is 2.41. The summed E-state index contributed by atoms with van der Waals surface area (Å²) >= 11 is 1.58. The molecule has 19 heavy (non-hydrogen) atoms. The van der Waals surface area contributed by atoms with Crippen molar-refractivity contribution in [1.82, 2.24) is 10.6 Å². The Morgan fingerprint density at radius 2 is 1.95 bits per heavy atom. The van der Waals surface area contributed by atoms with Crippen LogP contribution in [0.5, 0.6) is 0 Å². The van der Waals surface area contributed by atoms with Gasteiger partial charge in [-0.25, -0.2) is 0 Å². The van der Waals surface area contributed by atoms with Crippen molar-refractivity contribution in [3.8, 4) is 0 Å². The molecule has 0 aromatic heterocycles. The third kappa shape index (κ3) is 7.23. The molecule has 1 amide bonds. The van der Waals surface area contributed by atoms with Gasteiger partial charge in [0.25, 0.3) is 0 Å². The molecule has 106 valence electrons. The summed E-state index contributed by atoms with van der Waals surface area (Å²) in [5.41, 5.74) is 1.27. The lowest BCUT2D eigenvalue weighted by atomic mass is 10.2. The zero-order valence-electron chi connectivity index (χ0n) is 12.0. The van der Waals surface area contributed by atoms with E-state index in [0.717, 1.165) is 24.5 Å². The highest BCUT2D eigenvalue weighted by Gasteiger charge is 2.03. The number of hydrogen-bond acceptors (Lipinski definition) is 3. The van der Waals surface area contributed by atoms with Gasteiger partial charge in [-0.1, -0.05) is 32.9 Å². The number of carbonyl (C=O) groups excluding carboxylic acids is 1. The number of thioether (sulfide) groups is 1. The van der Waals surface area contributed by atoms with E-state index in [2.05, 4.69) is 55.7 Å². The van der Waals surface area contributed by atoms with E-state index in [1.54, 1.807) is 11.8 Å². The number of hydrogen-bond donors (Lipinski definition) is 2. The molecule has 0 heterocycles. The van der Waals surface area contributed by atoms with Crippen LogP contribution >= 0.6 is 11.8 Å². The smallest absolute Gasteiger partial charge is 0.230 e. The molecule has 0 saturated carbocycles. The van der Waals surface area contributed by atoms with Crippen LogP contribution in [-0.4, -0.2) is 24.7 Å². The molecule has 0 bridgehead atoms. The summed E-state index contributed by atoms with van der Waals surface area (Å²) in [6.07, 6.45) is 0. The minimum atomic E-state index is 0.107. The lowest BCUT2D eigenvalue weighted by molar-refractivity contribution is -0.118. The van der Waals surface area contributed by atoms with E-state index in [1.165, 1.54) is 5.56 Å². The van der Waals surface area contributed by atoms with Gasteiger partial charge in [0.05, 0.1) is 5.75 Å². The van der Waals surface area contributed by atoms with Crippen molar-refractivity contribution in [2.75, 3.05) is 18.8 Å². The van der Waals surface area contributed by atoms with Crippen molar-refractivity contribution in [3.05, 3.63) is 29.8 Å². The van der Waals surface area contributed by atoms with E-state index in [0.29, 0.717) is 11.7 Å². The predicted molar refractivity (Wildman–Crippen MR) is 82.4 cm³/mol. The van der Waals surface area contributed by atoms with Gasteiger partial charge in [0.2, 0.25) is 5.91 Å². The van der Waals surface area contributed by atoms with E-state index in [4.69, 9.17) is 0 Å². The molecule has 2 N–H and O–H groups in total. The van der Waals surface area contributed by atoms with Gasteiger partial charge in [-0.05, 0) is 30.2 Å². The highest BCUT2D eigenvalue weighted by Crippen LogP contribution is 2.18. The molecule has 4 heteroatoms. The van der Waals surface area contributed by atoms with Crippen molar-refractivity contribution in [3.63, 3.8) is 0 Å². The first-order chi connectivity index (χ1) is 9.11. The van der Waals surface area contributed by atoms with E-state index >= 15 is 0 Å². The van der Waals surface area contributed by atoms with Crippen LogP contribution in [-0.2, 0) is 11.3 Å². The second-order valence-electron chi connectivity index (χ2n) is 4.91. The van der Waals surface area contributed by atoms with Crippen molar-refractivity contribution in [2.45, 2.75) is 32.2 Å². The summed E-state index contributed by atoms with van der Waals surface area (Å²) in [5.74, 6) is 1.09. The monoisotopic (exact) mass is 280 g/mol. The number of benzene rings is 1. The van der Waals surface area contributed by atoms with Crippen molar-refractivity contribution >= 4 is 17.7 Å². The summed E-state index contributed by atoms with van der Waals surface area (Å²) in [4.78, 5) is 12.7. The largest absolute Gasteiger partial charge is 0.355 e. The van der Waals surface area contributed by atoms with Gasteiger partial charge in [-0.3, -0.25) is 4.79 Å². The standard InChI is InChI=1S/C15H24N2OS/c1-4-16-10-13-5-7-14(8-6-13)19-11-15(18)17-9-12(2)3/h5-8,12,16H,4,9-11H2,1-3H3,(H,17,18). The lowest BCUT2D eigenvalue weighted by Gasteiger charge is -2.08. The van der Waals surface area contributed by atoms with Gasteiger partial charge in [-0.2, -0.15) is 0 Å². The van der Waals surface area contributed by atoms with E-state index in [1.807, 2.05) is 0 Å². The highest BCUT2D eigenvalue weighted by molar-refractivity contribution is 8.00. The molecule has 0 atom stereocenters. The molecule has 1 aromatic carbocycles. The molecule has 1 rings (SSSR count). The van der Waals surface area contributed by atoms with Gasteiger partial charge in [0.15, 0.2) is 0 Å². The fraction of sp³-hybridized carbons (Fsp3) is 0.533. The minimum absolute atomic E-state index is 0.107. The van der Waals surface area contributed by atoms with Crippen molar-refractivity contribution in [1.29, 1.82) is 0 Å². The second-order valence-corrected chi connectivity index (χ2v) is 5.96. The zero-order valence-corrected chi connectivity index (χ0v) is 12.8. The Morgan fingerprint density at radius 3 is 2.53 bits per heavy atom. The van der Waals surface area contributed by atoms with Crippen LogP contribution in [0.25, 0.3) is 0 Å². The highest BCUT2D eigenvalue weighted by atomic mass is 32.2. The first kappa shape index (κ1) is 16.1. The fourth-order valence-corrected chi connectivity index (χ4v) is 2.22. The van der Waals surface area contributed by atoms with Crippen LogP contribution < -0.4 is 10.6 Å². The third-order valence-electron chi connectivity index (χ3n) is 2.58. The molecule has 0 radical (unpaired) electrons. The second kappa shape index (κ2) is 8.99. The number of nitrogens with one attached hydrogen (secondary N) is 2. The first-order valence-electron chi connectivity index (χ1n) is 6.81. The molecule has 0 aliphatic rings. The molecule has 0 unspecified atom stereocenters. The molecule has 0 fully saturated rings. The third-order valence-corrected chi connectivity index (χ3v) is 3.59. The van der Waals surface area contributed by atoms with Gasteiger partial charge in [0.1, 0.15) is 0 Å². The van der Waals surface area contributed by atoms with Gasteiger partial charge < -0.3 is 10.6 Å². The molecule has 0 aliphatic carbocycles. The normalized spacial score (nSPS) is 10.7. The van der Waals surface area contributed by atoms with Gasteiger partial charge >= 0.3 is 0 Å². The van der Waals surface area contributed by atoms with E-state index in [9.17, 15) is 4.79 Å². The summed E-state index contributed by atoms with van der Waals surface area (Å²) in [7, 11) is 0. The van der Waals surface area contributed by atoms with E-state index < -0.39 is 0 Å². The number of rotatable bonds is 8. The average molecular weight is 280 g/mol. The molecular weight excluding hydrogens is 256 g/mol. The molecule has 1 aromatic rings. The maximum Gasteiger partial charge on any atom is 0.230 e. The van der Waals surface area contributed by atoms with E-state index in [-0.39, 0.29) is 5.91 Å². The summed E-state index contributed by atoms with van der Waals surface area (Å²) in [5, 5.41) is 6.21. The maximum absolute atomic E-state index is 11.6. The molecular formula is C15H24N2OS. The Labute approximate surface area is 120 Å². The maximum atomic E-state index is 11.6. The summed E-state index contributed by atoms with van der Waals surface area (Å²) in [6, 6.07) is 8.37. The predicted octanol–water partition coefficient (Wildman–Crippen LogP) is 2.66. The Hall–Kier alpha value is -1.00. The molecule has 3 nitrogen and oxygen atoms in total. The summed E-state index contributed by atoms with van der Waals surface area (Å²) < 4.78 is 0. The van der Waals surface area contributed by atoms with Crippen molar-refractivity contribution < 1.29 is 4.79 Å². The van der Waals surface area contributed by atoms with Crippen LogP contribution in [0.1, 0.15) is 26.3 Å². The molecule has 0 spiro atoms. The first-order valence-corrected chi connectivity index (χ1v) is 7.79. The fourth-order valence-electron chi connectivity index (χ4n) is 1.49. The molecule has 0 aliphatic heterocycles. The Balaban J connectivity index is 2.31. The van der Waals surface area contributed by atoms with Crippen LogP contribution in [0, 0.1) is 5.92 Å². The van der Waals surface area contributed by atoms with Crippen LogP contribution in [0.2, 0.25) is 0 Å². The van der Waals surface area contributed by atoms with Crippen LogP contribution in [0.3, 0.4) is 0 Å². The zero-order chi connectivity index (χ0) is 14.1. The topological polar surface area (TPSA) is 41.1 Å². The SMILES string of the molecule is CCNCc1ccc(SCC(=O)NCC(C)C)cc1. The Bertz CT molecular complexity index is 376. The summed E-state index contributed by atoms with van der Waals surface area (Å²) in [6.45, 7) is 8.91. The number of carbonyl (C=O) groups is 1. The van der Waals surface area contributed by atoms with Gasteiger partial charge in [0, 0.05) is 18.0 Å². The van der Waals surface area contributed by atoms with Crippen molar-refractivity contribution in [2.24, 2.45) is 5.92 Å². The lowest BCUT2D eigenvalue weighted by Crippen LogP contribution is -2.28. The van der Waals surface area contributed by atoms with Crippen LogP contribution in [0.4, 0.5) is 0 Å². The Morgan fingerprint density at radius 1 is 1.26 bits per heavy atom. The minimum Gasteiger partial charge on any atom is -0.355 e. The number of amides is 1. The molecule has 0 saturated heterocycles. The van der Waals surface area contributed by atoms with Crippen LogP contribution in [0.15, 0.2) is 29.2 Å². The quantitative estimate of drug-likeness (QED) is 0.719.